The van der Waals surface area contributed by atoms with Crippen molar-refractivity contribution in [3.05, 3.63) is 46.4 Å². The van der Waals surface area contributed by atoms with E-state index in [2.05, 4.69) is 40.4 Å². The second-order valence-corrected chi connectivity index (χ2v) is 4.64. The fraction of sp³-hybridized carbons (Fsp3) is 0.231. The van der Waals surface area contributed by atoms with Crippen molar-refractivity contribution in [2.45, 2.75) is 13.5 Å². The zero-order valence-corrected chi connectivity index (χ0v) is 10.4. The van der Waals surface area contributed by atoms with Crippen molar-refractivity contribution in [3.63, 3.8) is 0 Å². The van der Waals surface area contributed by atoms with Crippen molar-refractivity contribution in [2.24, 2.45) is 0 Å². The van der Waals surface area contributed by atoms with Crippen LogP contribution in [0.3, 0.4) is 0 Å². The molecule has 17 heavy (non-hydrogen) atoms. The molecule has 2 aromatic rings. The van der Waals surface area contributed by atoms with E-state index in [1.807, 2.05) is 12.1 Å². The summed E-state index contributed by atoms with van der Waals surface area (Å²) in [6, 6.07) is 10.0. The molecule has 0 fully saturated rings. The van der Waals surface area contributed by atoms with E-state index in [0.717, 1.165) is 18.8 Å². The summed E-state index contributed by atoms with van der Waals surface area (Å²) in [5.74, 6) is 0. The maximum absolute atomic E-state index is 8.84. The van der Waals surface area contributed by atoms with Gasteiger partial charge in [0.05, 0.1) is 6.54 Å². The van der Waals surface area contributed by atoms with E-state index in [0.29, 0.717) is 5.69 Å². The Morgan fingerprint density at radius 1 is 1.47 bits per heavy atom. The van der Waals surface area contributed by atoms with E-state index in [-0.39, 0.29) is 0 Å². The number of thiophene rings is 1. The van der Waals surface area contributed by atoms with Gasteiger partial charge in [-0.05, 0) is 30.5 Å². The van der Waals surface area contributed by atoms with E-state index in [1.54, 1.807) is 17.5 Å². The number of pyridine rings is 1. The van der Waals surface area contributed by atoms with Gasteiger partial charge in [0.2, 0.25) is 0 Å². The molecule has 0 saturated heterocycles. The highest BCUT2D eigenvalue weighted by Crippen LogP contribution is 2.19. The van der Waals surface area contributed by atoms with Crippen LogP contribution in [-0.4, -0.2) is 11.5 Å². The summed E-state index contributed by atoms with van der Waals surface area (Å²) in [6.45, 7) is 3.90. The normalized spacial score (nSPS) is 9.88. The minimum Gasteiger partial charge on any atom is -0.367 e. The van der Waals surface area contributed by atoms with E-state index in [4.69, 9.17) is 5.26 Å². The van der Waals surface area contributed by atoms with Gasteiger partial charge >= 0.3 is 0 Å². The summed E-state index contributed by atoms with van der Waals surface area (Å²) in [5.41, 5.74) is 1.51. The largest absolute Gasteiger partial charge is 0.367 e. The summed E-state index contributed by atoms with van der Waals surface area (Å²) >= 11 is 1.75. The van der Waals surface area contributed by atoms with E-state index >= 15 is 0 Å². The molecule has 0 radical (unpaired) electrons. The van der Waals surface area contributed by atoms with Gasteiger partial charge in [-0.2, -0.15) is 5.26 Å². The van der Waals surface area contributed by atoms with Crippen molar-refractivity contribution in [1.29, 1.82) is 5.26 Å². The third-order valence-corrected chi connectivity index (χ3v) is 3.39. The Kier molecular flexibility index (Phi) is 3.73. The minimum absolute atomic E-state index is 0.465. The summed E-state index contributed by atoms with van der Waals surface area (Å²) in [6.07, 6.45) is 1.69. The van der Waals surface area contributed by atoms with Crippen LogP contribution in [0.4, 0.5) is 5.69 Å². The number of aromatic nitrogens is 1. The summed E-state index contributed by atoms with van der Waals surface area (Å²) in [7, 11) is 0. The number of rotatable bonds is 4. The van der Waals surface area contributed by atoms with Crippen molar-refractivity contribution < 1.29 is 0 Å². The van der Waals surface area contributed by atoms with Gasteiger partial charge in [0.25, 0.3) is 0 Å². The molecule has 3 nitrogen and oxygen atoms in total. The first-order valence-corrected chi connectivity index (χ1v) is 6.35. The Hall–Kier alpha value is -1.86. The maximum Gasteiger partial charge on any atom is 0.142 e. The van der Waals surface area contributed by atoms with Gasteiger partial charge in [-0.3, -0.25) is 0 Å². The van der Waals surface area contributed by atoms with Crippen molar-refractivity contribution in [2.75, 3.05) is 11.4 Å². The van der Waals surface area contributed by atoms with Crippen molar-refractivity contribution >= 4 is 17.0 Å². The molecule has 0 amide bonds. The van der Waals surface area contributed by atoms with Gasteiger partial charge in [-0.1, -0.05) is 6.07 Å². The number of anilines is 1. The van der Waals surface area contributed by atoms with Crippen molar-refractivity contribution in [1.82, 2.24) is 4.98 Å². The van der Waals surface area contributed by atoms with Crippen molar-refractivity contribution in [3.8, 4) is 6.07 Å². The van der Waals surface area contributed by atoms with Gasteiger partial charge < -0.3 is 4.90 Å². The first kappa shape index (κ1) is 11.6. The Bertz CT molecular complexity index is 514. The molecule has 86 valence electrons. The lowest BCUT2D eigenvalue weighted by Crippen LogP contribution is -2.21. The molecule has 0 aliphatic heterocycles. The average molecular weight is 243 g/mol. The standard InChI is InChI=1S/C13H13N3S/c1-2-16(10-13-4-3-7-17-13)12-5-6-15-11(8-12)9-14/h3-8H,2,10H2,1H3. The van der Waals surface area contributed by atoms with Crippen LogP contribution < -0.4 is 4.90 Å². The summed E-state index contributed by atoms with van der Waals surface area (Å²) in [5, 5.41) is 10.9. The fourth-order valence-corrected chi connectivity index (χ4v) is 2.37. The van der Waals surface area contributed by atoms with Crippen LogP contribution in [-0.2, 0) is 6.54 Å². The fourth-order valence-electron chi connectivity index (χ4n) is 1.65. The number of nitriles is 1. The monoisotopic (exact) mass is 243 g/mol. The molecule has 0 bridgehead atoms. The number of hydrogen-bond donors (Lipinski definition) is 0. The molecule has 0 aliphatic rings. The van der Waals surface area contributed by atoms with Crippen LogP contribution >= 0.6 is 11.3 Å². The zero-order valence-electron chi connectivity index (χ0n) is 9.63. The minimum atomic E-state index is 0.465. The van der Waals surface area contributed by atoms with E-state index in [9.17, 15) is 0 Å². The molecule has 4 heteroatoms. The summed E-state index contributed by atoms with van der Waals surface area (Å²) in [4.78, 5) is 7.54. The SMILES string of the molecule is CCN(Cc1cccs1)c1ccnc(C#N)c1. The van der Waals surface area contributed by atoms with Gasteiger partial charge in [0.15, 0.2) is 0 Å². The predicted octanol–water partition coefficient (Wildman–Crippen LogP) is 3.04. The van der Waals surface area contributed by atoms with Crippen LogP contribution in [0.2, 0.25) is 0 Å². The number of nitrogens with zero attached hydrogens (tertiary/aromatic N) is 3. The molecule has 0 N–H and O–H groups in total. The topological polar surface area (TPSA) is 39.9 Å². The predicted molar refractivity (Wildman–Crippen MR) is 70.0 cm³/mol. The van der Waals surface area contributed by atoms with Crippen LogP contribution in [0.1, 0.15) is 17.5 Å². The molecule has 2 rings (SSSR count). The van der Waals surface area contributed by atoms with Gasteiger partial charge in [-0.25, -0.2) is 4.98 Å². The second-order valence-electron chi connectivity index (χ2n) is 3.60. The first-order chi connectivity index (χ1) is 8.33. The Morgan fingerprint density at radius 2 is 2.35 bits per heavy atom. The maximum atomic E-state index is 8.84. The lowest BCUT2D eigenvalue weighted by atomic mass is 10.3. The highest BCUT2D eigenvalue weighted by atomic mass is 32.1. The smallest absolute Gasteiger partial charge is 0.142 e. The molecule has 2 aromatic heterocycles. The van der Waals surface area contributed by atoms with Crippen LogP contribution in [0, 0.1) is 11.3 Å². The second kappa shape index (κ2) is 5.46. The zero-order chi connectivity index (χ0) is 12.1. The molecule has 2 heterocycles. The summed E-state index contributed by atoms with van der Waals surface area (Å²) < 4.78 is 0. The highest BCUT2D eigenvalue weighted by molar-refractivity contribution is 7.09. The lowest BCUT2D eigenvalue weighted by molar-refractivity contribution is 0.840. The molecule has 0 unspecified atom stereocenters. The third-order valence-electron chi connectivity index (χ3n) is 2.53. The van der Waals surface area contributed by atoms with Crippen LogP contribution in [0.25, 0.3) is 0 Å². The quantitative estimate of drug-likeness (QED) is 0.828. The van der Waals surface area contributed by atoms with Gasteiger partial charge in [0, 0.05) is 23.3 Å². The molecular weight excluding hydrogens is 230 g/mol. The molecule has 0 aliphatic carbocycles. The van der Waals surface area contributed by atoms with E-state index < -0.39 is 0 Å². The third kappa shape index (κ3) is 2.83. The number of hydrogen-bond acceptors (Lipinski definition) is 4. The van der Waals surface area contributed by atoms with E-state index in [1.165, 1.54) is 4.88 Å². The van der Waals surface area contributed by atoms with Crippen LogP contribution in [0.15, 0.2) is 35.8 Å². The first-order valence-electron chi connectivity index (χ1n) is 5.47. The van der Waals surface area contributed by atoms with Gasteiger partial charge in [-0.15, -0.1) is 11.3 Å². The molecular formula is C13H13N3S. The Balaban J connectivity index is 2.20. The molecule has 0 saturated carbocycles. The van der Waals surface area contributed by atoms with Crippen LogP contribution in [0.5, 0.6) is 0 Å². The Morgan fingerprint density at radius 3 is 3.00 bits per heavy atom. The molecule has 0 spiro atoms. The van der Waals surface area contributed by atoms with Gasteiger partial charge in [0.1, 0.15) is 11.8 Å². The lowest BCUT2D eigenvalue weighted by Gasteiger charge is -2.22. The molecule has 0 atom stereocenters. The molecule has 0 aromatic carbocycles. The average Bonchev–Trinajstić information content (AvgIpc) is 2.89. The Labute approximate surface area is 105 Å². The highest BCUT2D eigenvalue weighted by Gasteiger charge is 2.07.